The molecule has 0 bridgehead atoms. The number of rotatable bonds is 7. The lowest BCUT2D eigenvalue weighted by atomic mass is 10.1. The number of amides is 1. The molecule has 0 unspecified atom stereocenters. The van der Waals surface area contributed by atoms with Crippen LogP contribution in [0.15, 0.2) is 45.8 Å². The molecule has 0 atom stereocenters. The average Bonchev–Trinajstić information content (AvgIpc) is 3.31. The molecule has 0 aliphatic heterocycles. The van der Waals surface area contributed by atoms with Crippen molar-refractivity contribution in [3.63, 3.8) is 0 Å². The Kier molecular flexibility index (Phi) is 5.59. The number of aryl methyl sites for hydroxylation is 1. The van der Waals surface area contributed by atoms with Gasteiger partial charge in [0, 0.05) is 12.7 Å². The number of carbonyl (C=O) groups excluding carboxylic acids is 1. The van der Waals surface area contributed by atoms with E-state index in [0.717, 1.165) is 5.56 Å². The predicted molar refractivity (Wildman–Crippen MR) is 102 cm³/mol. The number of benzene rings is 1. The minimum Gasteiger partial charge on any atom is -0.407 e. The van der Waals surface area contributed by atoms with Crippen molar-refractivity contribution in [2.24, 2.45) is 0 Å². The molecule has 1 N–H and O–H groups in total. The summed E-state index contributed by atoms with van der Waals surface area (Å²) in [6.45, 7) is 5.73. The van der Waals surface area contributed by atoms with E-state index in [2.05, 4.69) is 20.6 Å². The van der Waals surface area contributed by atoms with Crippen LogP contribution in [0.5, 0.6) is 0 Å². The minimum absolute atomic E-state index is 0.0112. The standard InChI is InChI=1S/C18H21N5O4S/c1-4-23-15(9-10-19-23)17(24)20-18-22-21-16(27-18)11-13-5-7-14(8-6-13)28(25,26)12(2)3/h5-10,12H,4,11H2,1-3H3,(H,20,22,24). The van der Waals surface area contributed by atoms with E-state index in [4.69, 9.17) is 4.42 Å². The number of carbonyl (C=O) groups is 1. The first-order valence-electron chi connectivity index (χ1n) is 8.79. The summed E-state index contributed by atoms with van der Waals surface area (Å²) < 4.78 is 31.3. The molecule has 3 rings (SSSR count). The van der Waals surface area contributed by atoms with E-state index >= 15 is 0 Å². The Balaban J connectivity index is 1.67. The zero-order valence-electron chi connectivity index (χ0n) is 15.8. The maximum absolute atomic E-state index is 12.3. The first-order valence-corrected chi connectivity index (χ1v) is 10.3. The van der Waals surface area contributed by atoms with Crippen LogP contribution in [0.2, 0.25) is 0 Å². The fraction of sp³-hybridized carbons (Fsp3) is 0.333. The van der Waals surface area contributed by atoms with Crippen molar-refractivity contribution in [1.82, 2.24) is 20.0 Å². The predicted octanol–water partition coefficient (Wildman–Crippen LogP) is 2.31. The zero-order valence-corrected chi connectivity index (χ0v) is 16.6. The molecule has 10 heteroatoms. The molecule has 0 radical (unpaired) electrons. The Labute approximate surface area is 162 Å². The number of nitrogens with zero attached hydrogens (tertiary/aromatic N) is 4. The summed E-state index contributed by atoms with van der Waals surface area (Å²) in [6, 6.07) is 8.13. The van der Waals surface area contributed by atoms with Crippen LogP contribution in [-0.4, -0.2) is 39.6 Å². The van der Waals surface area contributed by atoms with E-state index in [1.54, 1.807) is 55.1 Å². The van der Waals surface area contributed by atoms with Crippen molar-refractivity contribution in [2.75, 3.05) is 5.32 Å². The van der Waals surface area contributed by atoms with Crippen molar-refractivity contribution in [3.05, 3.63) is 53.7 Å². The Morgan fingerprint density at radius 2 is 1.89 bits per heavy atom. The molecule has 2 heterocycles. The molecule has 0 spiro atoms. The van der Waals surface area contributed by atoms with E-state index in [1.807, 2.05) is 6.92 Å². The molecule has 2 aromatic heterocycles. The normalized spacial score (nSPS) is 11.7. The summed E-state index contributed by atoms with van der Waals surface area (Å²) in [6.07, 6.45) is 1.86. The van der Waals surface area contributed by atoms with Crippen LogP contribution in [0.4, 0.5) is 6.01 Å². The maximum Gasteiger partial charge on any atom is 0.322 e. The number of sulfone groups is 1. The van der Waals surface area contributed by atoms with Gasteiger partial charge in [0.15, 0.2) is 9.84 Å². The second-order valence-electron chi connectivity index (χ2n) is 6.40. The van der Waals surface area contributed by atoms with E-state index < -0.39 is 21.0 Å². The fourth-order valence-electron chi connectivity index (χ4n) is 2.56. The Hall–Kier alpha value is -3.01. The third-order valence-electron chi connectivity index (χ3n) is 4.16. The molecule has 28 heavy (non-hydrogen) atoms. The lowest BCUT2D eigenvalue weighted by Crippen LogP contribution is -2.17. The molecule has 148 valence electrons. The third kappa shape index (κ3) is 4.11. The van der Waals surface area contributed by atoms with Crippen molar-refractivity contribution >= 4 is 21.8 Å². The van der Waals surface area contributed by atoms with E-state index in [9.17, 15) is 13.2 Å². The Morgan fingerprint density at radius 1 is 1.18 bits per heavy atom. The summed E-state index contributed by atoms with van der Waals surface area (Å²) in [5.41, 5.74) is 1.21. The number of aromatic nitrogens is 4. The van der Waals surface area contributed by atoms with Crippen LogP contribution in [0.1, 0.15) is 42.7 Å². The van der Waals surface area contributed by atoms with Gasteiger partial charge < -0.3 is 4.42 Å². The summed E-state index contributed by atoms with van der Waals surface area (Å²) in [5.74, 6) is -0.0865. The van der Waals surface area contributed by atoms with Gasteiger partial charge in [-0.3, -0.25) is 14.8 Å². The van der Waals surface area contributed by atoms with Crippen LogP contribution in [0.3, 0.4) is 0 Å². The zero-order chi connectivity index (χ0) is 20.3. The molecular formula is C18H21N5O4S. The summed E-state index contributed by atoms with van der Waals surface area (Å²) >= 11 is 0. The second-order valence-corrected chi connectivity index (χ2v) is 8.91. The topological polar surface area (TPSA) is 120 Å². The number of nitrogens with one attached hydrogen (secondary N) is 1. The summed E-state index contributed by atoms with van der Waals surface area (Å²) in [7, 11) is -3.31. The number of hydrogen-bond donors (Lipinski definition) is 1. The van der Waals surface area contributed by atoms with Gasteiger partial charge in [-0.15, -0.1) is 5.10 Å². The van der Waals surface area contributed by atoms with Gasteiger partial charge in [-0.25, -0.2) is 8.42 Å². The van der Waals surface area contributed by atoms with Gasteiger partial charge in [0.2, 0.25) is 5.89 Å². The van der Waals surface area contributed by atoms with Crippen molar-refractivity contribution < 1.29 is 17.6 Å². The van der Waals surface area contributed by atoms with Crippen molar-refractivity contribution in [3.8, 4) is 0 Å². The fourth-order valence-corrected chi connectivity index (χ4v) is 3.62. The Bertz CT molecular complexity index is 1070. The van der Waals surface area contributed by atoms with Crippen LogP contribution in [0, 0.1) is 0 Å². The monoisotopic (exact) mass is 403 g/mol. The average molecular weight is 403 g/mol. The third-order valence-corrected chi connectivity index (χ3v) is 6.33. The molecule has 0 aliphatic rings. The highest BCUT2D eigenvalue weighted by atomic mass is 32.2. The summed E-state index contributed by atoms with van der Waals surface area (Å²) in [5, 5.41) is 13.8. The van der Waals surface area contributed by atoms with Crippen molar-refractivity contribution in [1.29, 1.82) is 0 Å². The number of anilines is 1. The maximum atomic E-state index is 12.3. The van der Waals surface area contributed by atoms with E-state index in [0.29, 0.717) is 24.6 Å². The molecule has 0 aliphatic carbocycles. The number of hydrogen-bond acceptors (Lipinski definition) is 7. The van der Waals surface area contributed by atoms with Gasteiger partial charge in [-0.1, -0.05) is 17.2 Å². The van der Waals surface area contributed by atoms with Gasteiger partial charge in [-0.05, 0) is 44.5 Å². The van der Waals surface area contributed by atoms with Gasteiger partial charge in [0.05, 0.1) is 16.6 Å². The van der Waals surface area contributed by atoms with Gasteiger partial charge in [0.25, 0.3) is 5.91 Å². The van der Waals surface area contributed by atoms with Gasteiger partial charge in [0.1, 0.15) is 5.69 Å². The van der Waals surface area contributed by atoms with Crippen LogP contribution < -0.4 is 5.32 Å². The molecule has 0 saturated heterocycles. The lowest BCUT2D eigenvalue weighted by Gasteiger charge is -2.08. The highest BCUT2D eigenvalue weighted by Crippen LogP contribution is 2.18. The summed E-state index contributed by atoms with van der Waals surface area (Å²) in [4.78, 5) is 12.5. The van der Waals surface area contributed by atoms with Crippen LogP contribution in [-0.2, 0) is 22.8 Å². The van der Waals surface area contributed by atoms with Crippen LogP contribution >= 0.6 is 0 Å². The molecule has 1 aromatic carbocycles. The van der Waals surface area contributed by atoms with E-state index in [1.165, 1.54) is 0 Å². The highest BCUT2D eigenvalue weighted by Gasteiger charge is 2.19. The lowest BCUT2D eigenvalue weighted by molar-refractivity contribution is 0.101. The van der Waals surface area contributed by atoms with Gasteiger partial charge >= 0.3 is 6.01 Å². The second kappa shape index (κ2) is 7.93. The first-order chi connectivity index (χ1) is 13.3. The van der Waals surface area contributed by atoms with Gasteiger partial charge in [-0.2, -0.15) is 5.10 Å². The molecular weight excluding hydrogens is 382 g/mol. The van der Waals surface area contributed by atoms with Crippen molar-refractivity contribution in [2.45, 2.75) is 43.9 Å². The molecule has 9 nitrogen and oxygen atoms in total. The molecule has 1 amide bonds. The SMILES string of the molecule is CCn1nccc1C(=O)Nc1nnc(Cc2ccc(S(=O)(=O)C(C)C)cc2)o1. The minimum atomic E-state index is -3.31. The van der Waals surface area contributed by atoms with Crippen LogP contribution in [0.25, 0.3) is 0 Å². The Morgan fingerprint density at radius 3 is 2.54 bits per heavy atom. The molecule has 0 saturated carbocycles. The first kappa shape index (κ1) is 19.7. The van der Waals surface area contributed by atoms with E-state index in [-0.39, 0.29) is 10.9 Å². The smallest absolute Gasteiger partial charge is 0.322 e. The molecule has 0 fully saturated rings. The highest BCUT2D eigenvalue weighted by molar-refractivity contribution is 7.92. The quantitative estimate of drug-likeness (QED) is 0.643. The molecule has 3 aromatic rings. The largest absolute Gasteiger partial charge is 0.407 e.